The van der Waals surface area contributed by atoms with Crippen LogP contribution in [-0.4, -0.2) is 5.11 Å². The van der Waals surface area contributed by atoms with Gasteiger partial charge in [0.15, 0.2) is 0 Å². The van der Waals surface area contributed by atoms with Crippen LogP contribution in [-0.2, 0) is 18.6 Å². The van der Waals surface area contributed by atoms with Crippen molar-refractivity contribution in [1.29, 1.82) is 0 Å². The summed E-state index contributed by atoms with van der Waals surface area (Å²) >= 11 is 0. The minimum Gasteiger partial charge on any atom is -0.508 e. The van der Waals surface area contributed by atoms with Gasteiger partial charge in [0.1, 0.15) is 30.5 Å². The molecule has 0 radical (unpaired) electrons. The minimum absolute atomic E-state index is 0.181. The van der Waals surface area contributed by atoms with Gasteiger partial charge in [0.2, 0.25) is 0 Å². The Morgan fingerprint density at radius 1 is 0.743 bits per heavy atom. The van der Waals surface area contributed by atoms with Crippen molar-refractivity contribution in [2.45, 2.75) is 32.5 Å². The number of hydrogen-bond acceptors (Lipinski definition) is 4. The van der Waals surface area contributed by atoms with Gasteiger partial charge in [0.05, 0.1) is 0 Å². The summed E-state index contributed by atoms with van der Waals surface area (Å²) in [5, 5.41) is 9.58. The SMILES string of the molecule is C=C(N)c1ccc(OCc2cccc(COc3ccc(C(C)(C)c4ccc(O)cc4)cc3)c2)cc1. The molecule has 0 atom stereocenters. The van der Waals surface area contributed by atoms with Crippen LogP contribution < -0.4 is 15.2 Å². The zero-order valence-corrected chi connectivity index (χ0v) is 20.2. The van der Waals surface area contributed by atoms with Crippen molar-refractivity contribution in [3.05, 3.63) is 131 Å². The lowest BCUT2D eigenvalue weighted by atomic mass is 9.78. The Hall–Kier alpha value is -4.18. The zero-order valence-electron chi connectivity index (χ0n) is 20.2. The molecule has 4 heteroatoms. The van der Waals surface area contributed by atoms with E-state index in [1.807, 2.05) is 66.7 Å². The summed E-state index contributed by atoms with van der Waals surface area (Å²) in [6, 6.07) is 31.4. The molecule has 0 bridgehead atoms. The third kappa shape index (κ3) is 6.04. The van der Waals surface area contributed by atoms with E-state index in [1.165, 1.54) is 5.56 Å². The number of ether oxygens (including phenoxy) is 2. The molecule has 178 valence electrons. The molecular formula is C31H31NO3. The van der Waals surface area contributed by atoms with Crippen molar-refractivity contribution in [2.24, 2.45) is 5.73 Å². The maximum absolute atomic E-state index is 9.58. The second-order valence-corrected chi connectivity index (χ2v) is 9.14. The molecule has 0 aromatic heterocycles. The molecule has 0 aliphatic carbocycles. The van der Waals surface area contributed by atoms with Gasteiger partial charge in [0.25, 0.3) is 0 Å². The lowest BCUT2D eigenvalue weighted by Crippen LogP contribution is -2.18. The maximum atomic E-state index is 9.58. The molecule has 35 heavy (non-hydrogen) atoms. The van der Waals surface area contributed by atoms with E-state index in [0.29, 0.717) is 18.9 Å². The summed E-state index contributed by atoms with van der Waals surface area (Å²) in [5.41, 5.74) is 11.4. The predicted octanol–water partition coefficient (Wildman–Crippen LogP) is 6.81. The van der Waals surface area contributed by atoms with Crippen LogP contribution in [0.1, 0.15) is 41.7 Å². The summed E-state index contributed by atoms with van der Waals surface area (Å²) in [4.78, 5) is 0. The van der Waals surface area contributed by atoms with E-state index in [2.05, 4.69) is 38.6 Å². The highest BCUT2D eigenvalue weighted by atomic mass is 16.5. The van der Waals surface area contributed by atoms with Gasteiger partial charge >= 0.3 is 0 Å². The standard InChI is InChI=1S/C31H31NO3/c1-22(32)25-7-15-29(16-8-25)34-20-23-5-4-6-24(19-23)21-35-30-17-11-27(12-18-30)31(2,3)26-9-13-28(33)14-10-26/h4-19,33H,1,20-21,32H2,2-3H3. The molecule has 0 amide bonds. The Kier molecular flexibility index (Phi) is 7.11. The van der Waals surface area contributed by atoms with Gasteiger partial charge in [-0.3, -0.25) is 0 Å². The number of nitrogens with two attached hydrogens (primary N) is 1. The normalized spacial score (nSPS) is 11.1. The van der Waals surface area contributed by atoms with Crippen LogP contribution in [0.4, 0.5) is 0 Å². The number of aromatic hydroxyl groups is 1. The van der Waals surface area contributed by atoms with Gasteiger partial charge < -0.3 is 20.3 Å². The molecule has 4 aromatic carbocycles. The molecule has 3 N–H and O–H groups in total. The van der Waals surface area contributed by atoms with E-state index in [0.717, 1.165) is 33.8 Å². The predicted molar refractivity (Wildman–Crippen MR) is 141 cm³/mol. The lowest BCUT2D eigenvalue weighted by molar-refractivity contribution is 0.300. The molecule has 0 aliphatic rings. The highest BCUT2D eigenvalue weighted by molar-refractivity contribution is 5.60. The summed E-state index contributed by atoms with van der Waals surface area (Å²) in [6.45, 7) is 9.03. The van der Waals surface area contributed by atoms with E-state index in [-0.39, 0.29) is 11.2 Å². The number of rotatable bonds is 9. The maximum Gasteiger partial charge on any atom is 0.119 e. The molecule has 4 nitrogen and oxygen atoms in total. The highest BCUT2D eigenvalue weighted by Crippen LogP contribution is 2.33. The first-order chi connectivity index (χ1) is 16.8. The second kappa shape index (κ2) is 10.4. The fraction of sp³-hybridized carbons (Fsp3) is 0.161. The van der Waals surface area contributed by atoms with Crippen LogP contribution in [0.15, 0.2) is 104 Å². The Balaban J connectivity index is 1.34. The van der Waals surface area contributed by atoms with Crippen LogP contribution in [0.25, 0.3) is 5.70 Å². The average Bonchev–Trinajstić information content (AvgIpc) is 2.87. The first-order valence-corrected chi connectivity index (χ1v) is 11.6. The van der Waals surface area contributed by atoms with Crippen molar-refractivity contribution in [3.8, 4) is 17.2 Å². The summed E-state index contributed by atoms with van der Waals surface area (Å²) in [5.74, 6) is 1.88. The fourth-order valence-electron chi connectivity index (χ4n) is 3.92. The van der Waals surface area contributed by atoms with Gasteiger partial charge in [0, 0.05) is 11.1 Å². The minimum atomic E-state index is -0.181. The topological polar surface area (TPSA) is 64.7 Å². The highest BCUT2D eigenvalue weighted by Gasteiger charge is 2.23. The van der Waals surface area contributed by atoms with Gasteiger partial charge in [-0.2, -0.15) is 0 Å². The van der Waals surface area contributed by atoms with E-state index in [4.69, 9.17) is 15.2 Å². The van der Waals surface area contributed by atoms with Crippen molar-refractivity contribution < 1.29 is 14.6 Å². The van der Waals surface area contributed by atoms with Crippen LogP contribution in [0.2, 0.25) is 0 Å². The molecule has 0 aliphatic heterocycles. The summed E-state index contributed by atoms with van der Waals surface area (Å²) < 4.78 is 11.9. The van der Waals surface area contributed by atoms with Crippen molar-refractivity contribution in [1.82, 2.24) is 0 Å². The van der Waals surface area contributed by atoms with Gasteiger partial charge in [-0.15, -0.1) is 0 Å². The van der Waals surface area contributed by atoms with Gasteiger partial charge in [-0.05, 0) is 82.4 Å². The molecule has 0 saturated heterocycles. The van der Waals surface area contributed by atoms with E-state index < -0.39 is 0 Å². The van der Waals surface area contributed by atoms with Crippen molar-refractivity contribution in [2.75, 3.05) is 0 Å². The first-order valence-electron chi connectivity index (χ1n) is 11.6. The van der Waals surface area contributed by atoms with Crippen LogP contribution in [0, 0.1) is 0 Å². The number of phenols is 1. The molecule has 0 saturated carbocycles. The number of benzene rings is 4. The molecule has 0 spiro atoms. The van der Waals surface area contributed by atoms with Gasteiger partial charge in [-0.25, -0.2) is 0 Å². The third-order valence-corrected chi connectivity index (χ3v) is 6.19. The largest absolute Gasteiger partial charge is 0.508 e. The zero-order chi connectivity index (χ0) is 24.8. The Morgan fingerprint density at radius 2 is 1.20 bits per heavy atom. The first kappa shape index (κ1) is 24.0. The van der Waals surface area contributed by atoms with Crippen molar-refractivity contribution >= 4 is 5.70 Å². The Bertz CT molecular complexity index is 1270. The van der Waals surface area contributed by atoms with E-state index in [9.17, 15) is 5.11 Å². The van der Waals surface area contributed by atoms with Gasteiger partial charge in [-0.1, -0.05) is 62.9 Å². The molecule has 0 heterocycles. The van der Waals surface area contributed by atoms with Crippen LogP contribution >= 0.6 is 0 Å². The monoisotopic (exact) mass is 465 g/mol. The third-order valence-electron chi connectivity index (χ3n) is 6.19. The fourth-order valence-corrected chi connectivity index (χ4v) is 3.92. The number of phenolic OH excluding ortho intramolecular Hbond substituents is 1. The van der Waals surface area contributed by atoms with E-state index in [1.54, 1.807) is 12.1 Å². The molecule has 0 fully saturated rings. The smallest absolute Gasteiger partial charge is 0.119 e. The summed E-state index contributed by atoms with van der Waals surface area (Å²) in [6.07, 6.45) is 0. The molecule has 4 aromatic rings. The van der Waals surface area contributed by atoms with Crippen LogP contribution in [0.3, 0.4) is 0 Å². The van der Waals surface area contributed by atoms with Crippen LogP contribution in [0.5, 0.6) is 17.2 Å². The quantitative estimate of drug-likeness (QED) is 0.285. The number of hydrogen-bond donors (Lipinski definition) is 2. The van der Waals surface area contributed by atoms with Crippen molar-refractivity contribution in [3.63, 3.8) is 0 Å². The molecule has 0 unspecified atom stereocenters. The summed E-state index contributed by atoms with van der Waals surface area (Å²) in [7, 11) is 0. The molecular weight excluding hydrogens is 434 g/mol. The van der Waals surface area contributed by atoms with E-state index >= 15 is 0 Å². The Morgan fingerprint density at radius 3 is 1.69 bits per heavy atom. The average molecular weight is 466 g/mol. The molecule has 4 rings (SSSR count). The Labute approximate surface area is 207 Å². The second-order valence-electron chi connectivity index (χ2n) is 9.14. The lowest BCUT2D eigenvalue weighted by Gasteiger charge is -2.26.